The molecule has 120 valence electrons. The first-order valence-corrected chi connectivity index (χ1v) is 8.40. The van der Waals surface area contributed by atoms with Gasteiger partial charge in [0.1, 0.15) is 5.75 Å². The minimum atomic E-state index is 0.211. The molecule has 0 aliphatic rings. The van der Waals surface area contributed by atoms with Crippen LogP contribution >= 0.6 is 0 Å². The van der Waals surface area contributed by atoms with Gasteiger partial charge in [-0.1, -0.05) is 57.6 Å². The molecule has 0 saturated heterocycles. The number of hydrazine groups is 1. The third-order valence-corrected chi connectivity index (χ3v) is 3.70. The van der Waals surface area contributed by atoms with E-state index in [1.807, 2.05) is 26.0 Å². The average Bonchev–Trinajstić information content (AvgIpc) is 2.47. The van der Waals surface area contributed by atoms with Crippen LogP contribution < -0.4 is 16.0 Å². The first-order chi connectivity index (χ1) is 10.2. The maximum Gasteiger partial charge on any atom is 0.119 e. The number of unbranched alkanes of at least 4 members (excludes halogenated alkanes) is 5. The summed E-state index contributed by atoms with van der Waals surface area (Å²) in [7, 11) is 0. The van der Waals surface area contributed by atoms with Crippen LogP contribution in [-0.4, -0.2) is 6.10 Å². The number of hydrogen-bond donors (Lipinski definition) is 2. The average molecular weight is 292 g/mol. The number of ether oxygens (including phenoxy) is 1. The molecule has 1 rings (SSSR count). The fourth-order valence-electron chi connectivity index (χ4n) is 2.53. The fraction of sp³-hybridized carbons (Fsp3) is 0.667. The van der Waals surface area contributed by atoms with Gasteiger partial charge in [-0.05, 0) is 38.0 Å². The molecule has 3 heteroatoms. The largest absolute Gasteiger partial charge is 0.491 e. The molecule has 1 atom stereocenters. The van der Waals surface area contributed by atoms with E-state index in [0.29, 0.717) is 0 Å². The van der Waals surface area contributed by atoms with Crippen LogP contribution in [0.3, 0.4) is 0 Å². The highest BCUT2D eigenvalue weighted by molar-refractivity contribution is 5.29. The lowest BCUT2D eigenvalue weighted by molar-refractivity contribution is 0.242. The van der Waals surface area contributed by atoms with E-state index in [2.05, 4.69) is 24.5 Å². The van der Waals surface area contributed by atoms with Gasteiger partial charge in [0.25, 0.3) is 0 Å². The lowest BCUT2D eigenvalue weighted by Gasteiger charge is -2.17. The molecule has 1 unspecified atom stereocenters. The summed E-state index contributed by atoms with van der Waals surface area (Å²) in [5.74, 6) is 6.63. The molecule has 0 radical (unpaired) electrons. The van der Waals surface area contributed by atoms with Crippen LogP contribution in [0.4, 0.5) is 0 Å². The minimum absolute atomic E-state index is 0.211. The Balaban J connectivity index is 2.37. The Morgan fingerprint density at radius 1 is 1.00 bits per heavy atom. The summed E-state index contributed by atoms with van der Waals surface area (Å²) in [5.41, 5.74) is 4.18. The molecule has 0 spiro atoms. The summed E-state index contributed by atoms with van der Waals surface area (Å²) in [6.07, 6.45) is 9.18. The van der Waals surface area contributed by atoms with Crippen LogP contribution in [0.5, 0.6) is 5.75 Å². The third-order valence-electron chi connectivity index (χ3n) is 3.70. The maximum atomic E-state index is 5.70. The van der Waals surface area contributed by atoms with E-state index in [0.717, 1.165) is 12.2 Å². The number of nitrogens with two attached hydrogens (primary N) is 1. The van der Waals surface area contributed by atoms with Gasteiger partial charge >= 0.3 is 0 Å². The fourth-order valence-corrected chi connectivity index (χ4v) is 2.53. The zero-order chi connectivity index (χ0) is 15.5. The molecular weight excluding hydrogens is 260 g/mol. The van der Waals surface area contributed by atoms with Crippen LogP contribution in [0.15, 0.2) is 24.3 Å². The van der Waals surface area contributed by atoms with Crippen molar-refractivity contribution in [2.45, 2.75) is 77.9 Å². The predicted octanol–water partition coefficient (Wildman–Crippen LogP) is 4.73. The molecule has 0 saturated carbocycles. The second kappa shape index (κ2) is 10.6. The summed E-state index contributed by atoms with van der Waals surface area (Å²) >= 11 is 0. The van der Waals surface area contributed by atoms with Crippen molar-refractivity contribution in [1.29, 1.82) is 0 Å². The predicted molar refractivity (Wildman–Crippen MR) is 90.3 cm³/mol. The summed E-state index contributed by atoms with van der Waals surface area (Å²) in [6.45, 7) is 6.33. The zero-order valence-corrected chi connectivity index (χ0v) is 13.9. The van der Waals surface area contributed by atoms with Crippen molar-refractivity contribution in [3.05, 3.63) is 29.8 Å². The van der Waals surface area contributed by atoms with Crippen LogP contribution in [-0.2, 0) is 0 Å². The van der Waals surface area contributed by atoms with E-state index < -0.39 is 0 Å². The summed E-state index contributed by atoms with van der Waals surface area (Å²) in [5, 5.41) is 0. The van der Waals surface area contributed by atoms with Gasteiger partial charge in [-0.15, -0.1) is 0 Å². The number of hydrogen-bond acceptors (Lipinski definition) is 3. The number of nitrogens with one attached hydrogen (secondary N) is 1. The highest BCUT2D eigenvalue weighted by Gasteiger charge is 2.09. The minimum Gasteiger partial charge on any atom is -0.491 e. The van der Waals surface area contributed by atoms with Crippen molar-refractivity contribution in [3.63, 3.8) is 0 Å². The van der Waals surface area contributed by atoms with E-state index in [1.165, 1.54) is 44.1 Å². The molecule has 0 fully saturated rings. The van der Waals surface area contributed by atoms with Crippen molar-refractivity contribution in [2.75, 3.05) is 0 Å². The molecule has 0 aliphatic heterocycles. The second-order valence-electron chi connectivity index (χ2n) is 6.01. The summed E-state index contributed by atoms with van der Waals surface area (Å²) in [6, 6.07) is 8.52. The van der Waals surface area contributed by atoms with Crippen molar-refractivity contribution >= 4 is 0 Å². The Morgan fingerprint density at radius 3 is 2.19 bits per heavy atom. The van der Waals surface area contributed by atoms with E-state index in [1.54, 1.807) is 0 Å². The first-order valence-electron chi connectivity index (χ1n) is 8.40. The van der Waals surface area contributed by atoms with Crippen LogP contribution in [0.2, 0.25) is 0 Å². The molecule has 3 nitrogen and oxygen atoms in total. The molecular formula is C18H32N2O. The molecule has 1 aromatic carbocycles. The van der Waals surface area contributed by atoms with Crippen molar-refractivity contribution in [1.82, 2.24) is 5.43 Å². The van der Waals surface area contributed by atoms with Gasteiger partial charge in [0, 0.05) is 6.04 Å². The van der Waals surface area contributed by atoms with Gasteiger partial charge in [0.2, 0.25) is 0 Å². The van der Waals surface area contributed by atoms with E-state index in [9.17, 15) is 0 Å². The first kappa shape index (κ1) is 18.0. The molecule has 21 heavy (non-hydrogen) atoms. The molecule has 3 N–H and O–H groups in total. The van der Waals surface area contributed by atoms with Crippen LogP contribution in [0.25, 0.3) is 0 Å². The summed E-state index contributed by atoms with van der Waals surface area (Å²) < 4.78 is 5.67. The standard InChI is InChI=1S/C18H32N2O/c1-4-5-6-7-8-9-10-18(20-19)16-11-13-17(14-12-16)21-15(2)3/h11-15,18,20H,4-10,19H2,1-3H3. The quantitative estimate of drug-likeness (QED) is 0.352. The van der Waals surface area contributed by atoms with Crippen molar-refractivity contribution < 1.29 is 4.74 Å². The number of rotatable bonds is 11. The molecule has 0 amide bonds. The maximum absolute atomic E-state index is 5.70. The highest BCUT2D eigenvalue weighted by atomic mass is 16.5. The Hall–Kier alpha value is -1.06. The lowest BCUT2D eigenvalue weighted by Crippen LogP contribution is -2.27. The topological polar surface area (TPSA) is 47.3 Å². The third kappa shape index (κ3) is 7.49. The SMILES string of the molecule is CCCCCCCCC(NN)c1ccc(OC(C)C)cc1. The highest BCUT2D eigenvalue weighted by Crippen LogP contribution is 2.22. The van der Waals surface area contributed by atoms with E-state index in [-0.39, 0.29) is 12.1 Å². The smallest absolute Gasteiger partial charge is 0.119 e. The molecule has 0 aromatic heterocycles. The molecule has 0 heterocycles. The Kier molecular flexibility index (Phi) is 9.11. The van der Waals surface area contributed by atoms with Crippen molar-refractivity contribution in [3.8, 4) is 5.75 Å². The zero-order valence-electron chi connectivity index (χ0n) is 13.9. The van der Waals surface area contributed by atoms with Crippen LogP contribution in [0, 0.1) is 0 Å². The Labute approximate surface area is 130 Å². The van der Waals surface area contributed by atoms with E-state index >= 15 is 0 Å². The molecule has 0 aliphatic carbocycles. The Bertz CT molecular complexity index is 362. The Morgan fingerprint density at radius 2 is 1.62 bits per heavy atom. The monoisotopic (exact) mass is 292 g/mol. The van der Waals surface area contributed by atoms with Crippen molar-refractivity contribution in [2.24, 2.45) is 5.84 Å². The molecule has 0 bridgehead atoms. The van der Waals surface area contributed by atoms with Crippen LogP contribution in [0.1, 0.15) is 77.3 Å². The second-order valence-corrected chi connectivity index (χ2v) is 6.01. The van der Waals surface area contributed by atoms with Gasteiger partial charge in [0.05, 0.1) is 6.10 Å². The molecule has 1 aromatic rings. The lowest BCUT2D eigenvalue weighted by atomic mass is 10.00. The van der Waals surface area contributed by atoms with Gasteiger partial charge in [0.15, 0.2) is 0 Å². The van der Waals surface area contributed by atoms with Gasteiger partial charge < -0.3 is 4.74 Å². The summed E-state index contributed by atoms with van der Waals surface area (Å²) in [4.78, 5) is 0. The normalized spacial score (nSPS) is 12.6. The van der Waals surface area contributed by atoms with E-state index in [4.69, 9.17) is 10.6 Å². The van der Waals surface area contributed by atoms with Gasteiger partial charge in [-0.3, -0.25) is 11.3 Å². The van der Waals surface area contributed by atoms with Gasteiger partial charge in [-0.2, -0.15) is 0 Å². The van der Waals surface area contributed by atoms with Gasteiger partial charge in [-0.25, -0.2) is 0 Å². The number of benzene rings is 1.